The lowest BCUT2D eigenvalue weighted by Gasteiger charge is -2.09. The lowest BCUT2D eigenvalue weighted by molar-refractivity contribution is 0.412. The molecule has 0 aliphatic rings. The van der Waals surface area contributed by atoms with Crippen molar-refractivity contribution in [3.8, 4) is 5.75 Å². The summed E-state index contributed by atoms with van der Waals surface area (Å²) in [5.41, 5.74) is 1.88. The van der Waals surface area contributed by atoms with Crippen LogP contribution in [0.25, 0.3) is 10.2 Å². The molecule has 0 aliphatic heterocycles. The van der Waals surface area contributed by atoms with Gasteiger partial charge in [0.2, 0.25) is 0 Å². The third kappa shape index (κ3) is 3.26. The van der Waals surface area contributed by atoms with Crippen LogP contribution in [0.1, 0.15) is 0 Å². The molecule has 3 aromatic rings. The van der Waals surface area contributed by atoms with Gasteiger partial charge in [-0.3, -0.25) is 0 Å². The first-order chi connectivity index (χ1) is 10.1. The van der Waals surface area contributed by atoms with Gasteiger partial charge in [0.1, 0.15) is 5.75 Å². The molecule has 0 atom stereocenters. The fraction of sp³-hybridized carbons (Fsp3) is 0.0714. The predicted molar refractivity (Wildman–Crippen MR) is 99.0 cm³/mol. The van der Waals surface area contributed by atoms with Crippen molar-refractivity contribution >= 4 is 80.2 Å². The Bertz CT molecular complexity index is 819. The van der Waals surface area contributed by atoms with Gasteiger partial charge in [-0.1, -0.05) is 27.3 Å². The minimum atomic E-state index is 0.768. The van der Waals surface area contributed by atoms with E-state index in [-0.39, 0.29) is 0 Å². The molecule has 0 unspecified atom stereocenters. The van der Waals surface area contributed by atoms with Crippen molar-refractivity contribution in [3.05, 3.63) is 43.7 Å². The second-order valence-corrected chi connectivity index (χ2v) is 7.88. The van der Waals surface area contributed by atoms with Gasteiger partial charge in [-0.15, -0.1) is 0 Å². The summed E-state index contributed by atoms with van der Waals surface area (Å²) in [4.78, 5) is 4.59. The van der Waals surface area contributed by atoms with Crippen LogP contribution in [0.4, 0.5) is 10.8 Å². The molecule has 0 amide bonds. The van der Waals surface area contributed by atoms with Crippen molar-refractivity contribution in [2.45, 2.75) is 0 Å². The van der Waals surface area contributed by atoms with E-state index < -0.39 is 0 Å². The first-order valence-corrected chi connectivity index (χ1v) is 9.12. The Hall–Kier alpha value is -0.630. The molecule has 0 saturated carbocycles. The number of benzene rings is 2. The van der Waals surface area contributed by atoms with Gasteiger partial charge < -0.3 is 10.1 Å². The van der Waals surface area contributed by atoms with Crippen molar-refractivity contribution in [2.75, 3.05) is 12.4 Å². The molecule has 0 saturated heterocycles. The Morgan fingerprint density at radius 3 is 2.67 bits per heavy atom. The first kappa shape index (κ1) is 15.3. The number of fused-ring (bicyclic) bond motifs is 1. The molecule has 3 rings (SSSR count). The van der Waals surface area contributed by atoms with Crippen molar-refractivity contribution in [3.63, 3.8) is 0 Å². The number of methoxy groups -OCH3 is 1. The topological polar surface area (TPSA) is 34.1 Å². The summed E-state index contributed by atoms with van der Waals surface area (Å²) >= 11 is 12.1. The summed E-state index contributed by atoms with van der Waals surface area (Å²) in [5.74, 6) is 0.768. The number of ether oxygens (including phenoxy) is 1. The maximum absolute atomic E-state index is 5.32. The standard InChI is InChI=1S/C14H9Br3N2OS/c1-20-12-6-10(8(16)5-9(12)17)18-14-19-11-4-7(15)2-3-13(11)21-14/h2-6H,1H3,(H,18,19). The highest BCUT2D eigenvalue weighted by molar-refractivity contribution is 9.11. The van der Waals surface area contributed by atoms with Gasteiger partial charge in [-0.25, -0.2) is 4.98 Å². The van der Waals surface area contributed by atoms with Crippen LogP contribution in [0.2, 0.25) is 0 Å². The fourth-order valence-electron chi connectivity index (χ4n) is 1.85. The fourth-order valence-corrected chi connectivity index (χ4v) is 4.31. The second-order valence-electron chi connectivity index (χ2n) is 4.22. The van der Waals surface area contributed by atoms with E-state index in [0.29, 0.717) is 0 Å². The number of halogens is 3. The minimum Gasteiger partial charge on any atom is -0.495 e. The number of rotatable bonds is 3. The number of nitrogens with one attached hydrogen (secondary N) is 1. The number of hydrogen-bond acceptors (Lipinski definition) is 4. The van der Waals surface area contributed by atoms with Crippen LogP contribution in [-0.4, -0.2) is 12.1 Å². The van der Waals surface area contributed by atoms with Crippen molar-refractivity contribution in [2.24, 2.45) is 0 Å². The molecule has 0 radical (unpaired) electrons. The number of anilines is 2. The van der Waals surface area contributed by atoms with Gasteiger partial charge in [0.15, 0.2) is 5.13 Å². The van der Waals surface area contributed by atoms with E-state index in [4.69, 9.17) is 4.74 Å². The smallest absolute Gasteiger partial charge is 0.188 e. The third-order valence-electron chi connectivity index (χ3n) is 2.83. The SMILES string of the molecule is COc1cc(Nc2nc3cc(Br)ccc3s2)c(Br)cc1Br. The summed E-state index contributed by atoms with van der Waals surface area (Å²) in [6, 6.07) is 9.96. The average molecular weight is 493 g/mol. The highest BCUT2D eigenvalue weighted by Crippen LogP contribution is 2.37. The Kier molecular flexibility index (Phi) is 4.54. The summed E-state index contributed by atoms with van der Waals surface area (Å²) in [7, 11) is 1.65. The van der Waals surface area contributed by atoms with E-state index in [2.05, 4.69) is 64.2 Å². The highest BCUT2D eigenvalue weighted by atomic mass is 79.9. The normalized spacial score (nSPS) is 10.9. The number of aromatic nitrogens is 1. The lowest BCUT2D eigenvalue weighted by atomic mass is 10.3. The van der Waals surface area contributed by atoms with Crippen molar-refractivity contribution in [1.82, 2.24) is 4.98 Å². The van der Waals surface area contributed by atoms with Crippen molar-refractivity contribution < 1.29 is 4.74 Å². The van der Waals surface area contributed by atoms with Crippen LogP contribution >= 0.6 is 59.1 Å². The maximum Gasteiger partial charge on any atom is 0.188 e. The van der Waals surface area contributed by atoms with Crippen LogP contribution in [-0.2, 0) is 0 Å². The second kappa shape index (κ2) is 6.24. The van der Waals surface area contributed by atoms with E-state index in [1.54, 1.807) is 18.4 Å². The molecular weight excluding hydrogens is 484 g/mol. The molecule has 3 nitrogen and oxygen atoms in total. The van der Waals surface area contributed by atoms with E-state index in [0.717, 1.165) is 40.2 Å². The van der Waals surface area contributed by atoms with Crippen LogP contribution in [0.15, 0.2) is 43.7 Å². The summed E-state index contributed by atoms with van der Waals surface area (Å²) in [6.45, 7) is 0. The van der Waals surface area contributed by atoms with Gasteiger partial charge in [0.25, 0.3) is 0 Å². The minimum absolute atomic E-state index is 0.768. The zero-order valence-electron chi connectivity index (χ0n) is 10.8. The van der Waals surface area contributed by atoms with Crippen LogP contribution in [0.5, 0.6) is 5.75 Å². The van der Waals surface area contributed by atoms with Gasteiger partial charge >= 0.3 is 0 Å². The Labute approximate surface area is 151 Å². The number of hydrogen-bond donors (Lipinski definition) is 1. The zero-order chi connectivity index (χ0) is 15.0. The molecule has 1 N–H and O–H groups in total. The molecular formula is C14H9Br3N2OS. The van der Waals surface area contributed by atoms with Crippen molar-refractivity contribution in [1.29, 1.82) is 0 Å². The van der Waals surface area contributed by atoms with E-state index in [1.165, 1.54) is 0 Å². The van der Waals surface area contributed by atoms with E-state index in [1.807, 2.05) is 24.3 Å². The average Bonchev–Trinajstić information content (AvgIpc) is 2.83. The van der Waals surface area contributed by atoms with Gasteiger partial charge in [0, 0.05) is 15.0 Å². The molecule has 108 valence electrons. The van der Waals surface area contributed by atoms with E-state index in [9.17, 15) is 0 Å². The quantitative estimate of drug-likeness (QED) is 0.463. The molecule has 7 heteroatoms. The number of thiazole rings is 1. The molecule has 0 bridgehead atoms. The predicted octanol–water partition coefficient (Wildman–Crippen LogP) is 6.34. The Morgan fingerprint density at radius 1 is 1.10 bits per heavy atom. The molecule has 1 aromatic heterocycles. The summed E-state index contributed by atoms with van der Waals surface area (Å²) in [5, 5.41) is 4.17. The zero-order valence-corrected chi connectivity index (χ0v) is 16.4. The third-order valence-corrected chi connectivity index (χ3v) is 5.55. The van der Waals surface area contributed by atoms with Gasteiger partial charge in [-0.2, -0.15) is 0 Å². The maximum atomic E-state index is 5.32. The van der Waals surface area contributed by atoms with E-state index >= 15 is 0 Å². The summed E-state index contributed by atoms with van der Waals surface area (Å²) < 4.78 is 9.33. The number of nitrogens with zero attached hydrogens (tertiary/aromatic N) is 1. The largest absolute Gasteiger partial charge is 0.495 e. The molecule has 1 heterocycles. The molecule has 0 spiro atoms. The van der Waals surface area contributed by atoms with Crippen LogP contribution < -0.4 is 10.1 Å². The lowest BCUT2D eigenvalue weighted by Crippen LogP contribution is -1.93. The van der Waals surface area contributed by atoms with Crippen LogP contribution in [0.3, 0.4) is 0 Å². The monoisotopic (exact) mass is 490 g/mol. The Morgan fingerprint density at radius 2 is 1.90 bits per heavy atom. The van der Waals surface area contributed by atoms with Gasteiger partial charge in [0.05, 0.1) is 27.5 Å². The molecule has 0 aliphatic carbocycles. The molecule has 21 heavy (non-hydrogen) atoms. The summed E-state index contributed by atoms with van der Waals surface area (Å²) in [6.07, 6.45) is 0. The Balaban J connectivity index is 1.98. The van der Waals surface area contributed by atoms with Crippen LogP contribution in [0, 0.1) is 0 Å². The van der Waals surface area contributed by atoms with Gasteiger partial charge in [-0.05, 0) is 56.1 Å². The highest BCUT2D eigenvalue weighted by Gasteiger charge is 2.10. The molecule has 2 aromatic carbocycles. The first-order valence-electron chi connectivity index (χ1n) is 5.93. The molecule has 0 fully saturated rings.